The van der Waals surface area contributed by atoms with Crippen LogP contribution in [-0.4, -0.2) is 11.7 Å². The molecule has 0 aromatic heterocycles. The number of hydrogen-bond acceptors (Lipinski definition) is 2. The third-order valence-corrected chi connectivity index (χ3v) is 11.7. The Morgan fingerprint density at radius 1 is 0.574 bits per heavy atom. The standard InChI is InChI=1S/C44H65O2P/c1-28-20-29(21-38(39(28)45)44(14,15)16)18-17-19-46-47-26-34-32(22-30(40(2,3)4)24-36(34)42(8,9)10)33-23-31(41(5,6)7)25-37(35(33)27-47)43(11,12)13/h20-25,45H,17-19,26-27H2,1-16H3. The smallest absolute Gasteiger partial charge is 0.122 e. The summed E-state index contributed by atoms with van der Waals surface area (Å²) in [5.74, 6) is 0.435. The van der Waals surface area contributed by atoms with E-state index in [1.807, 2.05) is 6.92 Å². The lowest BCUT2D eigenvalue weighted by Crippen LogP contribution is -2.20. The molecule has 3 aromatic carbocycles. The van der Waals surface area contributed by atoms with E-state index in [1.54, 1.807) is 0 Å². The van der Waals surface area contributed by atoms with Gasteiger partial charge in [0.2, 0.25) is 0 Å². The maximum absolute atomic E-state index is 10.7. The summed E-state index contributed by atoms with van der Waals surface area (Å²) >= 11 is 0. The maximum atomic E-state index is 10.7. The molecule has 0 spiro atoms. The second-order valence-electron chi connectivity index (χ2n) is 19.4. The fraction of sp³-hybridized carbons (Fsp3) is 0.591. The van der Waals surface area contributed by atoms with Gasteiger partial charge < -0.3 is 9.63 Å². The quantitative estimate of drug-likeness (QED) is 0.219. The SMILES string of the molecule is Cc1cc(CCCOP2Cc3c(cc(C(C)(C)C)cc3C(C)(C)C)-c3cc(C(C)(C)C)cc(C(C)(C)C)c3C2)cc(C(C)(C)C)c1O. The van der Waals surface area contributed by atoms with Gasteiger partial charge in [-0.25, -0.2) is 0 Å². The molecule has 0 unspecified atom stereocenters. The zero-order valence-electron chi connectivity index (χ0n) is 32.8. The Morgan fingerprint density at radius 2 is 1.00 bits per heavy atom. The second kappa shape index (κ2) is 12.9. The molecule has 3 aromatic rings. The number of fused-ring (bicyclic) bond motifs is 3. The summed E-state index contributed by atoms with van der Waals surface area (Å²) in [7, 11) is -0.730. The van der Waals surface area contributed by atoms with Crippen molar-refractivity contribution in [2.45, 2.75) is 163 Å². The van der Waals surface area contributed by atoms with Gasteiger partial charge in [0.1, 0.15) is 5.75 Å². The van der Waals surface area contributed by atoms with Crippen LogP contribution in [0.1, 0.15) is 160 Å². The van der Waals surface area contributed by atoms with Crippen LogP contribution in [0.5, 0.6) is 5.75 Å². The van der Waals surface area contributed by atoms with E-state index < -0.39 is 8.15 Å². The predicted octanol–water partition coefficient (Wildman–Crippen LogP) is 12.9. The highest BCUT2D eigenvalue weighted by Gasteiger charge is 2.34. The zero-order chi connectivity index (χ0) is 35.5. The number of aryl methyl sites for hydroxylation is 2. The van der Waals surface area contributed by atoms with E-state index in [0.717, 1.165) is 42.9 Å². The highest BCUT2D eigenvalue weighted by atomic mass is 31.1. The van der Waals surface area contributed by atoms with E-state index in [1.165, 1.54) is 50.1 Å². The van der Waals surface area contributed by atoms with Gasteiger partial charge in [0.05, 0.1) is 6.61 Å². The van der Waals surface area contributed by atoms with Crippen LogP contribution in [0.25, 0.3) is 11.1 Å². The van der Waals surface area contributed by atoms with Crippen molar-refractivity contribution in [3.05, 3.63) is 86.5 Å². The van der Waals surface area contributed by atoms with Crippen molar-refractivity contribution in [3.8, 4) is 16.9 Å². The first-order chi connectivity index (χ1) is 21.3. The first-order valence-corrected chi connectivity index (χ1v) is 19.5. The summed E-state index contributed by atoms with van der Waals surface area (Å²) in [5, 5.41) is 10.7. The van der Waals surface area contributed by atoms with Crippen molar-refractivity contribution < 1.29 is 9.63 Å². The number of phenolic OH excluding ortho intramolecular Hbond substituents is 1. The van der Waals surface area contributed by atoms with Gasteiger partial charge in [-0.15, -0.1) is 0 Å². The van der Waals surface area contributed by atoms with E-state index in [-0.39, 0.29) is 27.1 Å². The summed E-state index contributed by atoms with van der Waals surface area (Å²) in [6.45, 7) is 37.6. The lowest BCUT2D eigenvalue weighted by atomic mass is 9.73. The molecule has 0 fully saturated rings. The van der Waals surface area contributed by atoms with Crippen LogP contribution >= 0.6 is 8.15 Å². The minimum Gasteiger partial charge on any atom is -0.507 e. The summed E-state index contributed by atoms with van der Waals surface area (Å²) < 4.78 is 7.00. The third-order valence-electron chi connectivity index (χ3n) is 9.86. The van der Waals surface area contributed by atoms with Crippen LogP contribution in [-0.2, 0) is 50.3 Å². The molecule has 0 bridgehead atoms. The van der Waals surface area contributed by atoms with E-state index in [9.17, 15) is 5.11 Å². The minimum atomic E-state index is -0.730. The number of aromatic hydroxyl groups is 1. The van der Waals surface area contributed by atoms with Gasteiger partial charge in [-0.3, -0.25) is 0 Å². The van der Waals surface area contributed by atoms with Crippen molar-refractivity contribution >= 4 is 8.15 Å². The number of phenols is 1. The molecule has 1 aliphatic rings. The van der Waals surface area contributed by atoms with Gasteiger partial charge in [-0.05, 0) is 108 Å². The summed E-state index contributed by atoms with van der Waals surface area (Å²) in [5.41, 5.74) is 14.9. The maximum Gasteiger partial charge on any atom is 0.122 e. The largest absolute Gasteiger partial charge is 0.507 e. The van der Waals surface area contributed by atoms with Crippen molar-refractivity contribution in [2.24, 2.45) is 0 Å². The number of benzene rings is 3. The summed E-state index contributed by atoms with van der Waals surface area (Å²) in [6.07, 6.45) is 3.88. The third kappa shape index (κ3) is 8.54. The van der Waals surface area contributed by atoms with Crippen LogP contribution < -0.4 is 0 Å². The van der Waals surface area contributed by atoms with Gasteiger partial charge >= 0.3 is 0 Å². The number of rotatable bonds is 5. The molecule has 258 valence electrons. The van der Waals surface area contributed by atoms with E-state index >= 15 is 0 Å². The Kier molecular flexibility index (Phi) is 10.4. The number of hydrogen-bond donors (Lipinski definition) is 1. The lowest BCUT2D eigenvalue weighted by molar-refractivity contribution is 0.342. The molecule has 0 saturated carbocycles. The molecule has 0 radical (unpaired) electrons. The fourth-order valence-electron chi connectivity index (χ4n) is 6.91. The van der Waals surface area contributed by atoms with Crippen molar-refractivity contribution in [2.75, 3.05) is 6.61 Å². The van der Waals surface area contributed by atoms with Crippen LogP contribution in [0.15, 0.2) is 36.4 Å². The average molecular weight is 657 g/mol. The van der Waals surface area contributed by atoms with Gasteiger partial charge in [0, 0.05) is 20.5 Å². The molecular formula is C44H65O2P. The molecule has 47 heavy (non-hydrogen) atoms. The van der Waals surface area contributed by atoms with Crippen LogP contribution in [0.2, 0.25) is 0 Å². The molecule has 0 saturated heterocycles. The molecule has 4 rings (SSSR count). The highest BCUT2D eigenvalue weighted by Crippen LogP contribution is 2.55. The minimum absolute atomic E-state index is 0.0207. The Labute approximate surface area is 290 Å². The zero-order valence-corrected chi connectivity index (χ0v) is 33.7. The first kappa shape index (κ1) is 37.7. The van der Waals surface area contributed by atoms with Crippen LogP contribution in [0.3, 0.4) is 0 Å². The fourth-order valence-corrected chi connectivity index (χ4v) is 8.98. The molecular weight excluding hydrogens is 591 g/mol. The monoisotopic (exact) mass is 656 g/mol. The van der Waals surface area contributed by atoms with Crippen LogP contribution in [0.4, 0.5) is 0 Å². The van der Waals surface area contributed by atoms with Gasteiger partial charge in [0.25, 0.3) is 0 Å². The van der Waals surface area contributed by atoms with E-state index in [0.29, 0.717) is 5.75 Å². The normalized spacial score (nSPS) is 15.0. The predicted molar refractivity (Wildman–Crippen MR) is 207 cm³/mol. The van der Waals surface area contributed by atoms with Crippen molar-refractivity contribution in [1.29, 1.82) is 0 Å². The Morgan fingerprint density at radius 3 is 1.38 bits per heavy atom. The Hall–Kier alpha value is -2.15. The van der Waals surface area contributed by atoms with E-state index in [4.69, 9.17) is 4.52 Å². The topological polar surface area (TPSA) is 29.5 Å². The lowest BCUT2D eigenvalue weighted by Gasteiger charge is -2.31. The van der Waals surface area contributed by atoms with E-state index in [2.05, 4.69) is 140 Å². The summed E-state index contributed by atoms with van der Waals surface area (Å²) in [6, 6.07) is 14.4. The van der Waals surface area contributed by atoms with Crippen molar-refractivity contribution in [3.63, 3.8) is 0 Å². The Balaban J connectivity index is 1.81. The molecule has 1 heterocycles. The molecule has 3 heteroatoms. The molecule has 0 atom stereocenters. The van der Waals surface area contributed by atoms with Crippen LogP contribution in [0, 0.1) is 6.92 Å². The van der Waals surface area contributed by atoms with Crippen molar-refractivity contribution in [1.82, 2.24) is 0 Å². The van der Waals surface area contributed by atoms with Gasteiger partial charge in [-0.1, -0.05) is 140 Å². The molecule has 1 aliphatic heterocycles. The molecule has 2 nitrogen and oxygen atoms in total. The molecule has 1 N–H and O–H groups in total. The first-order valence-electron chi connectivity index (χ1n) is 17.9. The van der Waals surface area contributed by atoms with Gasteiger partial charge in [-0.2, -0.15) is 0 Å². The highest BCUT2D eigenvalue weighted by molar-refractivity contribution is 7.50. The average Bonchev–Trinajstić information content (AvgIpc) is 3.05. The molecule has 0 aliphatic carbocycles. The Bertz CT molecular complexity index is 1520. The molecule has 0 amide bonds. The van der Waals surface area contributed by atoms with Gasteiger partial charge in [0.15, 0.2) is 0 Å². The summed E-state index contributed by atoms with van der Waals surface area (Å²) in [4.78, 5) is 0. The second-order valence-corrected chi connectivity index (χ2v) is 21.2.